The van der Waals surface area contributed by atoms with Gasteiger partial charge in [-0.15, -0.1) is 0 Å². The summed E-state index contributed by atoms with van der Waals surface area (Å²) in [5, 5.41) is 12.0. The van der Waals surface area contributed by atoms with Crippen LogP contribution in [-0.2, 0) is 4.79 Å². The Labute approximate surface area is 120 Å². The Morgan fingerprint density at radius 3 is 2.55 bits per heavy atom. The lowest BCUT2D eigenvalue weighted by molar-refractivity contribution is -0.143. The van der Waals surface area contributed by atoms with Gasteiger partial charge in [0.15, 0.2) is 0 Å². The first kappa shape index (κ1) is 15.1. The second-order valence-electron chi connectivity index (χ2n) is 6.06. The average molecular weight is 283 g/mol. The van der Waals surface area contributed by atoms with Gasteiger partial charge in [-0.3, -0.25) is 4.79 Å². The monoisotopic (exact) mass is 283 g/mol. The van der Waals surface area contributed by atoms with Gasteiger partial charge in [0.05, 0.1) is 5.92 Å². The van der Waals surface area contributed by atoms with E-state index in [2.05, 4.69) is 17.3 Å². The van der Waals surface area contributed by atoms with Gasteiger partial charge in [-0.05, 0) is 51.7 Å². The summed E-state index contributed by atoms with van der Waals surface area (Å²) in [5.74, 6) is -0.647. The zero-order valence-corrected chi connectivity index (χ0v) is 12.2. The van der Waals surface area contributed by atoms with Crippen LogP contribution in [0.2, 0.25) is 0 Å². The maximum absolute atomic E-state index is 12.1. The van der Waals surface area contributed by atoms with Crippen LogP contribution in [0, 0.1) is 11.8 Å². The van der Waals surface area contributed by atoms with Gasteiger partial charge >= 0.3 is 12.0 Å². The Morgan fingerprint density at radius 1 is 1.20 bits per heavy atom. The number of likely N-dealkylation sites (tertiary alicyclic amines) is 2. The Balaban J connectivity index is 1.73. The molecule has 0 bridgehead atoms. The van der Waals surface area contributed by atoms with Gasteiger partial charge in [0.2, 0.25) is 0 Å². The number of urea groups is 1. The van der Waals surface area contributed by atoms with Crippen LogP contribution < -0.4 is 5.32 Å². The number of hydrogen-bond acceptors (Lipinski definition) is 3. The summed E-state index contributed by atoms with van der Waals surface area (Å²) in [7, 11) is 2.12. The fraction of sp³-hybridized carbons (Fsp3) is 0.857. The molecule has 2 heterocycles. The largest absolute Gasteiger partial charge is 0.481 e. The number of hydrogen-bond donors (Lipinski definition) is 2. The van der Waals surface area contributed by atoms with E-state index in [0.717, 1.165) is 32.4 Å². The van der Waals surface area contributed by atoms with Crippen molar-refractivity contribution in [1.82, 2.24) is 15.1 Å². The summed E-state index contributed by atoms with van der Waals surface area (Å²) in [5.41, 5.74) is 0. The molecule has 6 nitrogen and oxygen atoms in total. The smallest absolute Gasteiger partial charge is 0.317 e. The minimum atomic E-state index is -0.794. The van der Waals surface area contributed by atoms with Crippen molar-refractivity contribution in [2.45, 2.75) is 25.7 Å². The van der Waals surface area contributed by atoms with Crippen molar-refractivity contribution in [3.8, 4) is 0 Å². The van der Waals surface area contributed by atoms with Gasteiger partial charge in [0.1, 0.15) is 0 Å². The number of nitrogens with one attached hydrogen (secondary N) is 1. The van der Waals surface area contributed by atoms with Gasteiger partial charge in [-0.25, -0.2) is 4.79 Å². The van der Waals surface area contributed by atoms with E-state index in [1.807, 2.05) is 0 Å². The molecule has 0 aromatic carbocycles. The highest BCUT2D eigenvalue weighted by Crippen LogP contribution is 2.17. The first-order valence-corrected chi connectivity index (χ1v) is 7.50. The third-order valence-electron chi connectivity index (χ3n) is 4.44. The van der Waals surface area contributed by atoms with Crippen molar-refractivity contribution < 1.29 is 14.7 Å². The van der Waals surface area contributed by atoms with Crippen molar-refractivity contribution in [3.63, 3.8) is 0 Å². The molecule has 0 spiro atoms. The van der Waals surface area contributed by atoms with Crippen LogP contribution >= 0.6 is 0 Å². The molecule has 1 atom stereocenters. The number of aliphatic carboxylic acids is 1. The summed E-state index contributed by atoms with van der Waals surface area (Å²) in [6.45, 7) is 3.90. The molecule has 114 valence electrons. The number of amides is 2. The fourth-order valence-corrected chi connectivity index (χ4v) is 2.97. The van der Waals surface area contributed by atoms with Crippen molar-refractivity contribution in [1.29, 1.82) is 0 Å². The molecular weight excluding hydrogens is 258 g/mol. The molecule has 2 fully saturated rings. The predicted molar refractivity (Wildman–Crippen MR) is 75.6 cm³/mol. The molecule has 1 unspecified atom stereocenters. The summed E-state index contributed by atoms with van der Waals surface area (Å²) in [6.07, 6.45) is 3.69. The Hall–Kier alpha value is -1.30. The Bertz CT molecular complexity index is 354. The highest BCUT2D eigenvalue weighted by molar-refractivity contribution is 5.76. The number of piperidine rings is 2. The van der Waals surface area contributed by atoms with E-state index in [9.17, 15) is 9.59 Å². The van der Waals surface area contributed by atoms with E-state index >= 15 is 0 Å². The van der Waals surface area contributed by atoms with Crippen LogP contribution in [0.15, 0.2) is 0 Å². The van der Waals surface area contributed by atoms with E-state index in [1.165, 1.54) is 0 Å². The number of carboxylic acid groups (broad SMARTS) is 1. The summed E-state index contributed by atoms with van der Waals surface area (Å²) in [6, 6.07) is -0.102. The summed E-state index contributed by atoms with van der Waals surface area (Å²) < 4.78 is 0. The van der Waals surface area contributed by atoms with Gasteiger partial charge in [-0.1, -0.05) is 0 Å². The van der Waals surface area contributed by atoms with Crippen LogP contribution in [0.4, 0.5) is 4.79 Å². The molecule has 0 aromatic rings. The van der Waals surface area contributed by atoms with Crippen LogP contribution in [0.1, 0.15) is 25.7 Å². The van der Waals surface area contributed by atoms with Crippen LogP contribution in [0.25, 0.3) is 0 Å². The topological polar surface area (TPSA) is 72.9 Å². The molecule has 0 aromatic heterocycles. The van der Waals surface area contributed by atoms with Gasteiger partial charge in [0, 0.05) is 19.6 Å². The highest BCUT2D eigenvalue weighted by atomic mass is 16.4. The molecule has 0 saturated carbocycles. The second kappa shape index (κ2) is 6.92. The Kier molecular flexibility index (Phi) is 5.23. The fourth-order valence-electron chi connectivity index (χ4n) is 2.97. The van der Waals surface area contributed by atoms with Crippen LogP contribution in [0.5, 0.6) is 0 Å². The third kappa shape index (κ3) is 4.10. The quantitative estimate of drug-likeness (QED) is 0.805. The number of carbonyl (C=O) groups is 2. The minimum Gasteiger partial charge on any atom is -0.481 e. The average Bonchev–Trinajstić information content (AvgIpc) is 2.46. The lowest BCUT2D eigenvalue weighted by Gasteiger charge is -2.32. The van der Waals surface area contributed by atoms with Crippen LogP contribution in [-0.4, -0.2) is 66.7 Å². The zero-order valence-electron chi connectivity index (χ0n) is 12.2. The first-order chi connectivity index (χ1) is 9.56. The molecule has 2 aliphatic rings. The van der Waals surface area contributed by atoms with Crippen molar-refractivity contribution in [2.24, 2.45) is 11.8 Å². The van der Waals surface area contributed by atoms with Crippen molar-refractivity contribution in [2.75, 3.05) is 39.8 Å². The highest BCUT2D eigenvalue weighted by Gasteiger charge is 2.28. The lowest BCUT2D eigenvalue weighted by Crippen LogP contribution is -2.48. The Morgan fingerprint density at radius 2 is 1.90 bits per heavy atom. The molecule has 0 radical (unpaired) electrons. The SMILES string of the molecule is CN1CCC(CNC(=O)N2CCCC(C(=O)O)C2)CC1. The van der Waals surface area contributed by atoms with E-state index in [0.29, 0.717) is 32.0 Å². The third-order valence-corrected chi connectivity index (χ3v) is 4.44. The van der Waals surface area contributed by atoms with Gasteiger partial charge < -0.3 is 20.2 Å². The molecular formula is C14H25N3O3. The molecule has 2 saturated heterocycles. The van der Waals surface area contributed by atoms with Crippen molar-refractivity contribution >= 4 is 12.0 Å². The number of rotatable bonds is 3. The van der Waals surface area contributed by atoms with E-state index in [4.69, 9.17) is 5.11 Å². The number of nitrogens with zero attached hydrogens (tertiary/aromatic N) is 2. The molecule has 2 amide bonds. The zero-order chi connectivity index (χ0) is 14.5. The second-order valence-corrected chi connectivity index (χ2v) is 6.06. The van der Waals surface area contributed by atoms with Gasteiger partial charge in [-0.2, -0.15) is 0 Å². The lowest BCUT2D eigenvalue weighted by atomic mass is 9.97. The standard InChI is InChI=1S/C14H25N3O3/c1-16-7-4-11(5-8-16)9-15-14(20)17-6-2-3-12(10-17)13(18)19/h11-12H,2-10H2,1H3,(H,15,20)(H,18,19). The number of carboxylic acids is 1. The minimum absolute atomic E-state index is 0.102. The molecule has 20 heavy (non-hydrogen) atoms. The molecule has 2 aliphatic heterocycles. The van der Waals surface area contributed by atoms with Gasteiger partial charge in [0.25, 0.3) is 0 Å². The molecule has 6 heteroatoms. The number of carbonyl (C=O) groups excluding carboxylic acids is 1. The van der Waals surface area contributed by atoms with Crippen LogP contribution in [0.3, 0.4) is 0 Å². The maximum atomic E-state index is 12.1. The summed E-state index contributed by atoms with van der Waals surface area (Å²) >= 11 is 0. The molecule has 2 N–H and O–H groups in total. The predicted octanol–water partition coefficient (Wildman–Crippen LogP) is 0.834. The summed E-state index contributed by atoms with van der Waals surface area (Å²) in [4.78, 5) is 27.0. The normalized spacial score (nSPS) is 25.4. The van der Waals surface area contributed by atoms with E-state index in [-0.39, 0.29) is 6.03 Å². The van der Waals surface area contributed by atoms with E-state index < -0.39 is 11.9 Å². The maximum Gasteiger partial charge on any atom is 0.317 e. The molecule has 0 aliphatic carbocycles. The van der Waals surface area contributed by atoms with Crippen molar-refractivity contribution in [3.05, 3.63) is 0 Å². The first-order valence-electron chi connectivity index (χ1n) is 7.50. The molecule has 2 rings (SSSR count). The van der Waals surface area contributed by atoms with E-state index in [1.54, 1.807) is 4.90 Å².